The minimum atomic E-state index is -0.494. The number of nitrogens with two attached hydrogens (primary N) is 1. The first-order chi connectivity index (χ1) is 9.99. The van der Waals surface area contributed by atoms with Crippen LogP contribution in [-0.2, 0) is 6.42 Å². The van der Waals surface area contributed by atoms with E-state index in [0.717, 1.165) is 12.0 Å². The first-order valence-electron chi connectivity index (χ1n) is 6.56. The number of aromatic nitrogens is 2. The summed E-state index contributed by atoms with van der Waals surface area (Å²) in [7, 11) is 0. The smallest absolute Gasteiger partial charge is 0.311 e. The Morgan fingerprint density at radius 1 is 1.33 bits per heavy atom. The fourth-order valence-corrected chi connectivity index (χ4v) is 1.85. The number of hydrogen-bond acceptors (Lipinski definition) is 6. The summed E-state index contributed by atoms with van der Waals surface area (Å²) < 4.78 is 5.55. The van der Waals surface area contributed by atoms with Crippen LogP contribution >= 0.6 is 0 Å². The lowest BCUT2D eigenvalue weighted by Crippen LogP contribution is -2.02. The summed E-state index contributed by atoms with van der Waals surface area (Å²) in [4.78, 5) is 18.8. The highest BCUT2D eigenvalue weighted by Gasteiger charge is 2.16. The van der Waals surface area contributed by atoms with Crippen molar-refractivity contribution in [2.24, 2.45) is 0 Å². The zero-order valence-corrected chi connectivity index (χ0v) is 11.9. The fourth-order valence-electron chi connectivity index (χ4n) is 1.85. The molecule has 0 saturated carbocycles. The molecule has 7 nitrogen and oxygen atoms in total. The molecule has 0 aliphatic heterocycles. The highest BCUT2D eigenvalue weighted by molar-refractivity contribution is 5.50. The molecule has 0 saturated heterocycles. The predicted molar refractivity (Wildman–Crippen MR) is 78.3 cm³/mol. The minimum absolute atomic E-state index is 0.116. The van der Waals surface area contributed by atoms with Crippen LogP contribution in [0.25, 0.3) is 0 Å². The van der Waals surface area contributed by atoms with Crippen LogP contribution in [0.4, 0.5) is 11.5 Å². The molecule has 2 aromatic rings. The quantitative estimate of drug-likeness (QED) is 0.669. The number of hydrogen-bond donors (Lipinski definition) is 1. The maximum atomic E-state index is 11.0. The van der Waals surface area contributed by atoms with Crippen molar-refractivity contribution in [1.82, 2.24) is 9.97 Å². The van der Waals surface area contributed by atoms with E-state index < -0.39 is 4.92 Å². The van der Waals surface area contributed by atoms with Gasteiger partial charge in [-0.2, -0.15) is 4.98 Å². The zero-order valence-electron chi connectivity index (χ0n) is 11.9. The molecule has 1 aromatic carbocycles. The number of nitrogen functional groups attached to an aromatic ring is 1. The largest absolute Gasteiger partial charge is 0.432 e. The Labute approximate surface area is 121 Å². The normalized spacial score (nSPS) is 10.4. The van der Waals surface area contributed by atoms with E-state index in [1.165, 1.54) is 12.1 Å². The van der Waals surface area contributed by atoms with Crippen LogP contribution in [-0.4, -0.2) is 14.9 Å². The lowest BCUT2D eigenvalue weighted by Gasteiger charge is -2.08. The topological polar surface area (TPSA) is 104 Å². The predicted octanol–water partition coefficient (Wildman–Crippen LogP) is 3.02. The molecule has 0 spiro atoms. The number of nitro groups is 1. The van der Waals surface area contributed by atoms with Crippen molar-refractivity contribution < 1.29 is 9.66 Å². The Hall–Kier alpha value is -2.70. The SMILES string of the molecule is CCCc1nc(N)cc(Oc2cc(C)ccc2[N+](=O)[O-])n1. The Kier molecular flexibility index (Phi) is 4.32. The van der Waals surface area contributed by atoms with Crippen LogP contribution in [0.2, 0.25) is 0 Å². The summed E-state index contributed by atoms with van der Waals surface area (Å²) in [6, 6.07) is 6.10. The number of rotatable bonds is 5. The molecular formula is C14H16N4O3. The van der Waals surface area contributed by atoms with Crippen molar-refractivity contribution in [3.63, 3.8) is 0 Å². The Morgan fingerprint density at radius 2 is 2.10 bits per heavy atom. The number of nitrogens with zero attached hydrogens (tertiary/aromatic N) is 3. The standard InChI is InChI=1S/C14H16N4O3/c1-3-4-13-16-12(15)8-14(17-13)21-11-7-9(2)5-6-10(11)18(19)20/h5-8H,3-4H2,1-2H3,(H2,15,16,17). The molecule has 7 heteroatoms. The van der Waals surface area contributed by atoms with E-state index in [-0.39, 0.29) is 23.1 Å². The molecule has 1 aromatic heterocycles. The Balaban J connectivity index is 2.37. The second-order valence-electron chi connectivity index (χ2n) is 4.63. The summed E-state index contributed by atoms with van der Waals surface area (Å²) in [6.07, 6.45) is 1.53. The molecule has 1 heterocycles. The lowest BCUT2D eigenvalue weighted by molar-refractivity contribution is -0.385. The fraction of sp³-hybridized carbons (Fsp3) is 0.286. The van der Waals surface area contributed by atoms with Crippen LogP contribution in [0.1, 0.15) is 24.7 Å². The van der Waals surface area contributed by atoms with Crippen molar-refractivity contribution in [3.05, 3.63) is 45.8 Å². The average molecular weight is 288 g/mol. The van der Waals surface area contributed by atoms with Crippen molar-refractivity contribution in [3.8, 4) is 11.6 Å². The number of aryl methyl sites for hydroxylation is 2. The van der Waals surface area contributed by atoms with Gasteiger partial charge in [0.1, 0.15) is 11.6 Å². The van der Waals surface area contributed by atoms with E-state index in [0.29, 0.717) is 12.2 Å². The first-order valence-corrected chi connectivity index (χ1v) is 6.56. The average Bonchev–Trinajstić information content (AvgIpc) is 2.38. The second kappa shape index (κ2) is 6.17. The van der Waals surface area contributed by atoms with Gasteiger partial charge < -0.3 is 10.5 Å². The molecule has 2 N–H and O–H groups in total. The van der Waals surface area contributed by atoms with Gasteiger partial charge in [0.2, 0.25) is 11.6 Å². The highest BCUT2D eigenvalue weighted by Crippen LogP contribution is 2.31. The Morgan fingerprint density at radius 3 is 2.76 bits per heavy atom. The monoisotopic (exact) mass is 288 g/mol. The van der Waals surface area contributed by atoms with Gasteiger partial charge in [-0.1, -0.05) is 13.0 Å². The van der Waals surface area contributed by atoms with Gasteiger partial charge in [-0.05, 0) is 25.0 Å². The van der Waals surface area contributed by atoms with Crippen LogP contribution in [0.5, 0.6) is 11.6 Å². The van der Waals surface area contributed by atoms with E-state index >= 15 is 0 Å². The molecule has 2 rings (SSSR count). The molecule has 110 valence electrons. The third kappa shape index (κ3) is 3.65. The highest BCUT2D eigenvalue weighted by atomic mass is 16.6. The third-order valence-corrected chi connectivity index (χ3v) is 2.77. The minimum Gasteiger partial charge on any atom is -0.432 e. The van der Waals surface area contributed by atoms with Crippen molar-refractivity contribution in [1.29, 1.82) is 0 Å². The van der Waals surface area contributed by atoms with Gasteiger partial charge in [0.15, 0.2) is 0 Å². The third-order valence-electron chi connectivity index (χ3n) is 2.77. The summed E-state index contributed by atoms with van der Waals surface area (Å²) in [6.45, 7) is 3.83. The summed E-state index contributed by atoms with van der Waals surface area (Å²) in [5.41, 5.74) is 6.44. The van der Waals surface area contributed by atoms with Crippen LogP contribution < -0.4 is 10.5 Å². The van der Waals surface area contributed by atoms with Gasteiger partial charge in [-0.25, -0.2) is 4.98 Å². The molecule has 21 heavy (non-hydrogen) atoms. The van der Waals surface area contributed by atoms with Gasteiger partial charge in [-0.3, -0.25) is 10.1 Å². The van der Waals surface area contributed by atoms with Gasteiger partial charge >= 0.3 is 5.69 Å². The van der Waals surface area contributed by atoms with Gasteiger partial charge in [0, 0.05) is 18.6 Å². The van der Waals surface area contributed by atoms with E-state index in [9.17, 15) is 10.1 Å². The molecule has 0 bridgehead atoms. The van der Waals surface area contributed by atoms with Crippen molar-refractivity contribution >= 4 is 11.5 Å². The molecule has 0 aliphatic rings. The molecule has 0 fully saturated rings. The summed E-state index contributed by atoms with van der Waals surface area (Å²) >= 11 is 0. The van der Waals surface area contributed by atoms with E-state index in [2.05, 4.69) is 9.97 Å². The van der Waals surface area contributed by atoms with E-state index in [4.69, 9.17) is 10.5 Å². The Bertz CT molecular complexity index is 673. The van der Waals surface area contributed by atoms with Crippen LogP contribution in [0.15, 0.2) is 24.3 Å². The van der Waals surface area contributed by atoms with E-state index in [1.54, 1.807) is 12.1 Å². The van der Waals surface area contributed by atoms with Crippen molar-refractivity contribution in [2.75, 3.05) is 5.73 Å². The van der Waals surface area contributed by atoms with E-state index in [1.807, 2.05) is 13.8 Å². The van der Waals surface area contributed by atoms with Gasteiger partial charge in [0.25, 0.3) is 0 Å². The maximum Gasteiger partial charge on any atom is 0.311 e. The molecular weight excluding hydrogens is 272 g/mol. The second-order valence-corrected chi connectivity index (χ2v) is 4.63. The molecule has 0 aliphatic carbocycles. The summed E-state index contributed by atoms with van der Waals surface area (Å²) in [5, 5.41) is 11.0. The first kappa shape index (κ1) is 14.7. The van der Waals surface area contributed by atoms with Crippen LogP contribution in [0.3, 0.4) is 0 Å². The number of nitro benzene ring substituents is 1. The molecule has 0 amide bonds. The summed E-state index contributed by atoms with van der Waals surface area (Å²) in [5.74, 6) is 1.18. The zero-order chi connectivity index (χ0) is 15.4. The molecule has 0 radical (unpaired) electrons. The molecule has 0 atom stereocenters. The van der Waals surface area contributed by atoms with Gasteiger partial charge in [-0.15, -0.1) is 0 Å². The lowest BCUT2D eigenvalue weighted by atomic mass is 10.2. The number of benzene rings is 1. The number of anilines is 1. The number of ether oxygens (including phenoxy) is 1. The molecule has 0 unspecified atom stereocenters. The van der Waals surface area contributed by atoms with Crippen molar-refractivity contribution in [2.45, 2.75) is 26.7 Å². The maximum absolute atomic E-state index is 11.0. The van der Waals surface area contributed by atoms with Gasteiger partial charge in [0.05, 0.1) is 4.92 Å². The van der Waals surface area contributed by atoms with Crippen LogP contribution in [0, 0.1) is 17.0 Å².